The van der Waals surface area contributed by atoms with Crippen molar-refractivity contribution in [3.05, 3.63) is 30.0 Å². The van der Waals surface area contributed by atoms with Crippen molar-refractivity contribution in [2.45, 2.75) is 13.0 Å². The van der Waals surface area contributed by atoms with E-state index in [1.165, 1.54) is 0 Å². The number of hydrogen-bond donors (Lipinski definition) is 2. The number of amides is 1. The molecule has 2 N–H and O–H groups in total. The van der Waals surface area contributed by atoms with Gasteiger partial charge in [-0.05, 0) is 33.2 Å². The van der Waals surface area contributed by atoms with Crippen molar-refractivity contribution in [3.8, 4) is 0 Å². The van der Waals surface area contributed by atoms with Gasteiger partial charge < -0.3 is 10.2 Å². The molecule has 2 rings (SSSR count). The molecule has 0 saturated heterocycles. The maximum absolute atomic E-state index is 12.0. The standard InChI is InChI=1S/C13H18N4O/c1-9(17(2)3)7-14-13(18)10-4-5-11-8-15-16-12(11)6-10/h4-6,8-9H,7H2,1-3H3,(H,14,18)(H,15,16). The van der Waals surface area contributed by atoms with Crippen LogP contribution in [0.15, 0.2) is 24.4 Å². The summed E-state index contributed by atoms with van der Waals surface area (Å²) in [5.74, 6) is -0.0554. The lowest BCUT2D eigenvalue weighted by Crippen LogP contribution is -2.38. The molecule has 0 radical (unpaired) electrons. The molecule has 18 heavy (non-hydrogen) atoms. The van der Waals surface area contributed by atoms with Crippen LogP contribution in [0.25, 0.3) is 10.9 Å². The Morgan fingerprint density at radius 1 is 1.50 bits per heavy atom. The van der Waals surface area contributed by atoms with Gasteiger partial charge >= 0.3 is 0 Å². The predicted octanol–water partition coefficient (Wildman–Crippen LogP) is 1.24. The number of nitrogens with zero attached hydrogens (tertiary/aromatic N) is 2. The SMILES string of the molecule is CC(CNC(=O)c1ccc2cn[nH]c2c1)N(C)C. The van der Waals surface area contributed by atoms with Gasteiger partial charge in [0.15, 0.2) is 0 Å². The summed E-state index contributed by atoms with van der Waals surface area (Å²) in [6.07, 6.45) is 1.74. The van der Waals surface area contributed by atoms with Crippen LogP contribution in [0.3, 0.4) is 0 Å². The van der Waals surface area contributed by atoms with Crippen molar-refractivity contribution in [2.75, 3.05) is 20.6 Å². The van der Waals surface area contributed by atoms with E-state index < -0.39 is 0 Å². The maximum atomic E-state index is 12.0. The second kappa shape index (κ2) is 5.18. The van der Waals surface area contributed by atoms with Crippen LogP contribution in [0, 0.1) is 0 Å². The largest absolute Gasteiger partial charge is 0.350 e. The van der Waals surface area contributed by atoms with E-state index in [1.807, 2.05) is 32.3 Å². The summed E-state index contributed by atoms with van der Waals surface area (Å²) in [4.78, 5) is 14.0. The normalized spacial score (nSPS) is 12.9. The van der Waals surface area contributed by atoms with Crippen molar-refractivity contribution in [3.63, 3.8) is 0 Å². The molecule has 5 nitrogen and oxygen atoms in total. The Kier molecular flexibility index (Phi) is 3.62. The molecule has 96 valence electrons. The zero-order valence-electron chi connectivity index (χ0n) is 10.9. The number of H-pyrrole nitrogens is 1. The minimum atomic E-state index is -0.0554. The van der Waals surface area contributed by atoms with E-state index in [4.69, 9.17) is 0 Å². The Bertz CT molecular complexity index is 547. The van der Waals surface area contributed by atoms with Gasteiger partial charge in [0.2, 0.25) is 0 Å². The summed E-state index contributed by atoms with van der Waals surface area (Å²) in [6, 6.07) is 5.83. The first-order chi connectivity index (χ1) is 8.58. The molecule has 0 bridgehead atoms. The number of nitrogens with one attached hydrogen (secondary N) is 2. The van der Waals surface area contributed by atoms with Gasteiger partial charge in [0.05, 0.1) is 11.7 Å². The number of likely N-dealkylation sites (N-methyl/N-ethyl adjacent to an activating group) is 1. The van der Waals surface area contributed by atoms with E-state index in [-0.39, 0.29) is 5.91 Å². The molecular formula is C13H18N4O. The fourth-order valence-corrected chi connectivity index (χ4v) is 1.60. The number of fused-ring (bicyclic) bond motifs is 1. The Labute approximate surface area is 106 Å². The zero-order valence-corrected chi connectivity index (χ0v) is 10.9. The van der Waals surface area contributed by atoms with Crippen LogP contribution in [0.2, 0.25) is 0 Å². The number of aromatic amines is 1. The first-order valence-corrected chi connectivity index (χ1v) is 5.95. The molecule has 0 spiro atoms. The Morgan fingerprint density at radius 3 is 3.00 bits per heavy atom. The topological polar surface area (TPSA) is 61.0 Å². The summed E-state index contributed by atoms with van der Waals surface area (Å²) < 4.78 is 0. The number of benzene rings is 1. The molecule has 0 aliphatic rings. The van der Waals surface area contributed by atoms with E-state index in [0.29, 0.717) is 18.2 Å². The number of hydrogen-bond acceptors (Lipinski definition) is 3. The average Bonchev–Trinajstić information content (AvgIpc) is 2.82. The van der Waals surface area contributed by atoms with E-state index >= 15 is 0 Å². The highest BCUT2D eigenvalue weighted by Crippen LogP contribution is 2.12. The number of aromatic nitrogens is 2. The molecular weight excluding hydrogens is 228 g/mol. The summed E-state index contributed by atoms with van der Waals surface area (Å²) in [5, 5.41) is 10.7. The van der Waals surface area contributed by atoms with Crippen LogP contribution in [0.5, 0.6) is 0 Å². The highest BCUT2D eigenvalue weighted by Gasteiger charge is 2.09. The van der Waals surface area contributed by atoms with E-state index in [2.05, 4.69) is 27.3 Å². The summed E-state index contributed by atoms with van der Waals surface area (Å²) in [7, 11) is 3.99. The van der Waals surface area contributed by atoms with E-state index in [9.17, 15) is 4.79 Å². The Balaban J connectivity index is 2.04. The molecule has 1 unspecified atom stereocenters. The Hall–Kier alpha value is -1.88. The van der Waals surface area contributed by atoms with Gasteiger partial charge in [-0.2, -0.15) is 5.10 Å². The first kappa shape index (κ1) is 12.6. The zero-order chi connectivity index (χ0) is 13.1. The lowest BCUT2D eigenvalue weighted by Gasteiger charge is -2.19. The van der Waals surface area contributed by atoms with Crippen LogP contribution in [0.4, 0.5) is 0 Å². The highest BCUT2D eigenvalue weighted by atomic mass is 16.1. The van der Waals surface area contributed by atoms with Gasteiger partial charge in [-0.15, -0.1) is 0 Å². The third-order valence-electron chi connectivity index (χ3n) is 3.14. The van der Waals surface area contributed by atoms with Crippen LogP contribution < -0.4 is 5.32 Å². The molecule has 1 aromatic heterocycles. The monoisotopic (exact) mass is 246 g/mol. The maximum Gasteiger partial charge on any atom is 0.251 e. The van der Waals surface area contributed by atoms with Gasteiger partial charge in [-0.3, -0.25) is 9.89 Å². The summed E-state index contributed by atoms with van der Waals surface area (Å²) in [6.45, 7) is 2.70. The minimum absolute atomic E-state index is 0.0554. The third kappa shape index (κ3) is 2.68. The summed E-state index contributed by atoms with van der Waals surface area (Å²) >= 11 is 0. The molecule has 1 heterocycles. The molecule has 1 aromatic carbocycles. The van der Waals surface area contributed by atoms with E-state index in [1.54, 1.807) is 6.20 Å². The minimum Gasteiger partial charge on any atom is -0.350 e. The second-order valence-electron chi connectivity index (χ2n) is 4.69. The molecule has 5 heteroatoms. The number of carbonyl (C=O) groups is 1. The van der Waals surface area contributed by atoms with Gasteiger partial charge in [-0.1, -0.05) is 6.07 Å². The van der Waals surface area contributed by atoms with E-state index in [0.717, 1.165) is 10.9 Å². The molecule has 0 saturated carbocycles. The predicted molar refractivity (Wildman–Crippen MR) is 71.6 cm³/mol. The fraction of sp³-hybridized carbons (Fsp3) is 0.385. The highest BCUT2D eigenvalue weighted by molar-refractivity contribution is 5.97. The number of carbonyl (C=O) groups excluding carboxylic acids is 1. The lowest BCUT2D eigenvalue weighted by atomic mass is 10.1. The molecule has 1 atom stereocenters. The molecule has 2 aromatic rings. The lowest BCUT2D eigenvalue weighted by molar-refractivity contribution is 0.0944. The molecule has 0 aliphatic carbocycles. The molecule has 0 aliphatic heterocycles. The van der Waals surface area contributed by atoms with Crippen molar-refractivity contribution in [1.82, 2.24) is 20.4 Å². The third-order valence-corrected chi connectivity index (χ3v) is 3.14. The van der Waals surface area contributed by atoms with Gasteiger partial charge in [0.25, 0.3) is 5.91 Å². The van der Waals surface area contributed by atoms with Crippen molar-refractivity contribution >= 4 is 16.8 Å². The van der Waals surface area contributed by atoms with Crippen molar-refractivity contribution in [1.29, 1.82) is 0 Å². The number of rotatable bonds is 4. The molecule has 0 fully saturated rings. The average molecular weight is 246 g/mol. The van der Waals surface area contributed by atoms with Gasteiger partial charge in [0.1, 0.15) is 0 Å². The van der Waals surface area contributed by atoms with Crippen molar-refractivity contribution in [2.24, 2.45) is 0 Å². The smallest absolute Gasteiger partial charge is 0.251 e. The van der Waals surface area contributed by atoms with Gasteiger partial charge in [-0.25, -0.2) is 0 Å². The molecule has 1 amide bonds. The van der Waals surface area contributed by atoms with Crippen LogP contribution in [0.1, 0.15) is 17.3 Å². The van der Waals surface area contributed by atoms with Crippen molar-refractivity contribution < 1.29 is 4.79 Å². The fourth-order valence-electron chi connectivity index (χ4n) is 1.60. The first-order valence-electron chi connectivity index (χ1n) is 5.95. The summed E-state index contributed by atoms with van der Waals surface area (Å²) in [5.41, 5.74) is 1.53. The van der Waals surface area contributed by atoms with Crippen LogP contribution >= 0.6 is 0 Å². The Morgan fingerprint density at radius 2 is 2.28 bits per heavy atom. The quantitative estimate of drug-likeness (QED) is 0.853. The second-order valence-corrected chi connectivity index (χ2v) is 4.69. The van der Waals surface area contributed by atoms with Crippen LogP contribution in [-0.4, -0.2) is 47.7 Å². The van der Waals surface area contributed by atoms with Crippen LogP contribution in [-0.2, 0) is 0 Å². The van der Waals surface area contributed by atoms with Gasteiger partial charge in [0, 0.05) is 23.5 Å².